The average Bonchev–Trinajstić information content (AvgIpc) is 2.32. The first-order valence-electron chi connectivity index (χ1n) is 6.61. The summed E-state index contributed by atoms with van der Waals surface area (Å²) in [7, 11) is 1.58. The van der Waals surface area contributed by atoms with Crippen LogP contribution in [0.1, 0.15) is 43.7 Å². The molecule has 1 aromatic rings. The van der Waals surface area contributed by atoms with Gasteiger partial charge in [-0.05, 0) is 43.5 Å². The zero-order chi connectivity index (χ0) is 15.3. The van der Waals surface area contributed by atoms with Crippen LogP contribution in [0.3, 0.4) is 0 Å². The number of carbonyl (C=O) groups excluding carboxylic acids is 1. The molecule has 0 aromatic heterocycles. The van der Waals surface area contributed by atoms with E-state index in [4.69, 9.17) is 10.7 Å². The molecule has 1 amide bonds. The highest BCUT2D eigenvalue weighted by molar-refractivity contribution is 8.13. The van der Waals surface area contributed by atoms with Crippen molar-refractivity contribution in [3.63, 3.8) is 0 Å². The molecule has 112 valence electrons. The standard InChI is InChI=1S/C14H20ClNO3S/c1-4-5-6-7-13(17)16-14-10(2)8-12(9-11(14)3)20(15,18)19/h8-9H,4-7H2,1-3H3,(H,16,17). The van der Waals surface area contributed by atoms with E-state index in [1.54, 1.807) is 13.8 Å². The Bertz CT molecular complexity index is 573. The minimum absolute atomic E-state index is 0.0499. The van der Waals surface area contributed by atoms with Crippen molar-refractivity contribution in [2.75, 3.05) is 5.32 Å². The summed E-state index contributed by atoms with van der Waals surface area (Å²) < 4.78 is 22.6. The predicted octanol–water partition coefficient (Wildman–Crippen LogP) is 3.75. The molecular weight excluding hydrogens is 298 g/mol. The van der Waals surface area contributed by atoms with Crippen molar-refractivity contribution < 1.29 is 13.2 Å². The highest BCUT2D eigenvalue weighted by Crippen LogP contribution is 2.26. The summed E-state index contributed by atoms with van der Waals surface area (Å²) in [6, 6.07) is 2.94. The van der Waals surface area contributed by atoms with E-state index < -0.39 is 9.05 Å². The molecule has 0 bridgehead atoms. The van der Waals surface area contributed by atoms with Crippen molar-refractivity contribution in [3.05, 3.63) is 23.3 Å². The van der Waals surface area contributed by atoms with Crippen LogP contribution in [0.25, 0.3) is 0 Å². The van der Waals surface area contributed by atoms with Gasteiger partial charge in [0.25, 0.3) is 9.05 Å². The van der Waals surface area contributed by atoms with Crippen LogP contribution in [-0.2, 0) is 13.8 Å². The average molecular weight is 318 g/mol. The summed E-state index contributed by atoms with van der Waals surface area (Å²) in [6.45, 7) is 5.58. The van der Waals surface area contributed by atoms with E-state index in [2.05, 4.69) is 12.2 Å². The second-order valence-corrected chi connectivity index (χ2v) is 7.44. The minimum atomic E-state index is -3.75. The van der Waals surface area contributed by atoms with E-state index in [-0.39, 0.29) is 10.8 Å². The van der Waals surface area contributed by atoms with E-state index in [0.717, 1.165) is 19.3 Å². The van der Waals surface area contributed by atoms with Gasteiger partial charge in [-0.1, -0.05) is 19.8 Å². The third-order valence-electron chi connectivity index (χ3n) is 3.06. The van der Waals surface area contributed by atoms with E-state index in [1.807, 2.05) is 0 Å². The first-order chi connectivity index (χ1) is 9.25. The molecule has 0 aliphatic carbocycles. The number of benzene rings is 1. The molecule has 0 saturated heterocycles. The van der Waals surface area contributed by atoms with Gasteiger partial charge in [0.05, 0.1) is 4.90 Å². The summed E-state index contributed by atoms with van der Waals surface area (Å²) in [5, 5.41) is 2.84. The number of unbranched alkanes of at least 4 members (excludes halogenated alkanes) is 2. The van der Waals surface area contributed by atoms with Crippen LogP contribution in [0.15, 0.2) is 17.0 Å². The van der Waals surface area contributed by atoms with Gasteiger partial charge in [0.2, 0.25) is 5.91 Å². The monoisotopic (exact) mass is 317 g/mol. The summed E-state index contributed by atoms with van der Waals surface area (Å²) in [5.41, 5.74) is 2.04. The zero-order valence-corrected chi connectivity index (χ0v) is 13.6. The molecule has 0 saturated carbocycles. The summed E-state index contributed by atoms with van der Waals surface area (Å²) in [6.07, 6.45) is 3.42. The van der Waals surface area contributed by atoms with Crippen LogP contribution >= 0.6 is 10.7 Å². The lowest BCUT2D eigenvalue weighted by Crippen LogP contribution is -2.13. The van der Waals surface area contributed by atoms with Crippen LogP contribution in [-0.4, -0.2) is 14.3 Å². The molecule has 4 nitrogen and oxygen atoms in total. The lowest BCUT2D eigenvalue weighted by Gasteiger charge is -2.13. The summed E-state index contributed by atoms with van der Waals surface area (Å²) >= 11 is 0. The molecule has 1 aromatic carbocycles. The first-order valence-corrected chi connectivity index (χ1v) is 8.92. The topological polar surface area (TPSA) is 63.2 Å². The minimum Gasteiger partial charge on any atom is -0.326 e. The molecule has 0 heterocycles. The molecule has 0 spiro atoms. The number of rotatable bonds is 6. The highest BCUT2D eigenvalue weighted by atomic mass is 35.7. The van der Waals surface area contributed by atoms with Gasteiger partial charge in [-0.15, -0.1) is 0 Å². The lowest BCUT2D eigenvalue weighted by molar-refractivity contribution is -0.116. The van der Waals surface area contributed by atoms with Crippen LogP contribution in [0.4, 0.5) is 5.69 Å². The third kappa shape index (κ3) is 4.80. The van der Waals surface area contributed by atoms with Crippen molar-refractivity contribution in [3.8, 4) is 0 Å². The Balaban J connectivity index is 2.90. The van der Waals surface area contributed by atoms with E-state index in [0.29, 0.717) is 23.2 Å². The Morgan fingerprint density at radius 3 is 2.20 bits per heavy atom. The zero-order valence-electron chi connectivity index (χ0n) is 12.0. The smallest absolute Gasteiger partial charge is 0.261 e. The molecule has 0 atom stereocenters. The Kier molecular flexibility index (Phi) is 6.02. The van der Waals surface area contributed by atoms with Crippen molar-refractivity contribution >= 4 is 31.3 Å². The molecule has 0 radical (unpaired) electrons. The second-order valence-electron chi connectivity index (χ2n) is 4.88. The van der Waals surface area contributed by atoms with Gasteiger partial charge in [-0.2, -0.15) is 0 Å². The molecule has 1 N–H and O–H groups in total. The molecule has 1 rings (SSSR count). The van der Waals surface area contributed by atoms with Crippen molar-refractivity contribution in [2.45, 2.75) is 51.3 Å². The second kappa shape index (κ2) is 7.09. The Morgan fingerprint density at radius 1 is 1.20 bits per heavy atom. The molecule has 0 unspecified atom stereocenters. The van der Waals surface area contributed by atoms with Gasteiger partial charge in [0, 0.05) is 22.8 Å². The van der Waals surface area contributed by atoms with Gasteiger partial charge in [-0.25, -0.2) is 8.42 Å². The quantitative estimate of drug-likeness (QED) is 0.642. The van der Waals surface area contributed by atoms with E-state index in [1.165, 1.54) is 12.1 Å². The van der Waals surface area contributed by atoms with E-state index >= 15 is 0 Å². The van der Waals surface area contributed by atoms with Gasteiger partial charge >= 0.3 is 0 Å². The maximum atomic E-state index is 11.8. The fraction of sp³-hybridized carbons (Fsp3) is 0.500. The van der Waals surface area contributed by atoms with Gasteiger partial charge < -0.3 is 5.32 Å². The maximum Gasteiger partial charge on any atom is 0.261 e. The van der Waals surface area contributed by atoms with Crippen molar-refractivity contribution in [1.29, 1.82) is 0 Å². The normalized spacial score (nSPS) is 11.4. The largest absolute Gasteiger partial charge is 0.326 e. The number of halogens is 1. The van der Waals surface area contributed by atoms with Gasteiger partial charge in [0.15, 0.2) is 0 Å². The van der Waals surface area contributed by atoms with Gasteiger partial charge in [0.1, 0.15) is 0 Å². The van der Waals surface area contributed by atoms with Crippen LogP contribution in [0.2, 0.25) is 0 Å². The van der Waals surface area contributed by atoms with E-state index in [9.17, 15) is 13.2 Å². The molecular formula is C14H20ClNO3S. The lowest BCUT2D eigenvalue weighted by atomic mass is 10.1. The molecule has 6 heteroatoms. The fourth-order valence-corrected chi connectivity index (χ4v) is 2.90. The predicted molar refractivity (Wildman–Crippen MR) is 81.7 cm³/mol. The first kappa shape index (κ1) is 17.0. The Morgan fingerprint density at radius 2 is 1.75 bits per heavy atom. The molecule has 0 aliphatic heterocycles. The third-order valence-corrected chi connectivity index (χ3v) is 4.39. The number of carbonyl (C=O) groups is 1. The Hall–Kier alpha value is -1.07. The number of hydrogen-bond donors (Lipinski definition) is 1. The molecule has 0 aliphatic rings. The van der Waals surface area contributed by atoms with Gasteiger partial charge in [-0.3, -0.25) is 4.79 Å². The number of nitrogens with one attached hydrogen (secondary N) is 1. The number of hydrogen-bond acceptors (Lipinski definition) is 3. The SMILES string of the molecule is CCCCCC(=O)Nc1c(C)cc(S(=O)(=O)Cl)cc1C. The van der Waals surface area contributed by atoms with Crippen LogP contribution in [0.5, 0.6) is 0 Å². The highest BCUT2D eigenvalue weighted by Gasteiger charge is 2.15. The number of anilines is 1. The molecule has 20 heavy (non-hydrogen) atoms. The molecule has 0 fully saturated rings. The van der Waals surface area contributed by atoms with Crippen molar-refractivity contribution in [2.24, 2.45) is 0 Å². The van der Waals surface area contributed by atoms with Crippen LogP contribution in [0, 0.1) is 13.8 Å². The summed E-state index contributed by atoms with van der Waals surface area (Å²) in [4.78, 5) is 11.9. The number of aryl methyl sites for hydroxylation is 2. The van der Waals surface area contributed by atoms with Crippen LogP contribution < -0.4 is 5.32 Å². The fourth-order valence-electron chi connectivity index (χ4n) is 2.00. The maximum absolute atomic E-state index is 11.8. The Labute approximate surface area is 124 Å². The number of amides is 1. The van der Waals surface area contributed by atoms with Crippen molar-refractivity contribution in [1.82, 2.24) is 0 Å². The summed E-state index contributed by atoms with van der Waals surface area (Å²) in [5.74, 6) is -0.0499.